The molecule has 1 aliphatic rings. The van der Waals surface area contributed by atoms with Crippen molar-refractivity contribution in [1.82, 2.24) is 14.2 Å². The molecule has 2 aromatic rings. The van der Waals surface area contributed by atoms with Gasteiger partial charge in [-0.1, -0.05) is 30.3 Å². The van der Waals surface area contributed by atoms with Crippen molar-refractivity contribution < 1.29 is 13.2 Å². The third-order valence-corrected chi connectivity index (χ3v) is 6.02. The summed E-state index contributed by atoms with van der Waals surface area (Å²) < 4.78 is 26.6. The van der Waals surface area contributed by atoms with Crippen molar-refractivity contribution in [2.75, 3.05) is 20.1 Å². The van der Waals surface area contributed by atoms with Crippen LogP contribution in [0.25, 0.3) is 0 Å². The summed E-state index contributed by atoms with van der Waals surface area (Å²) in [6, 6.07) is 10.8. The van der Waals surface area contributed by atoms with Crippen molar-refractivity contribution in [2.45, 2.75) is 24.3 Å². The number of carbonyl (C=O) groups excluding carboxylic acids is 1. The maximum Gasteiger partial charge on any atom is 0.270 e. The van der Waals surface area contributed by atoms with E-state index < -0.39 is 10.0 Å². The highest BCUT2D eigenvalue weighted by Crippen LogP contribution is 2.19. The fourth-order valence-electron chi connectivity index (χ4n) is 2.84. The van der Waals surface area contributed by atoms with E-state index in [0.717, 1.165) is 31.5 Å². The molecule has 1 fully saturated rings. The molecule has 0 aliphatic carbocycles. The van der Waals surface area contributed by atoms with Gasteiger partial charge < -0.3 is 9.88 Å². The number of amides is 1. The van der Waals surface area contributed by atoms with E-state index in [-0.39, 0.29) is 17.3 Å². The largest absolute Gasteiger partial charge is 0.356 e. The molecule has 2 heterocycles. The Morgan fingerprint density at radius 3 is 2.54 bits per heavy atom. The Bertz CT molecular complexity index is 809. The van der Waals surface area contributed by atoms with Gasteiger partial charge in [0.05, 0.1) is 0 Å². The molecule has 128 valence electrons. The topological polar surface area (TPSA) is 73.5 Å². The molecule has 3 rings (SSSR count). The molecule has 1 amide bonds. The molecule has 1 N–H and O–H groups in total. The number of carbonyl (C=O) groups is 1. The van der Waals surface area contributed by atoms with E-state index in [1.165, 1.54) is 23.6 Å². The average Bonchev–Trinajstić information content (AvgIpc) is 3.27. The third kappa shape index (κ3) is 3.37. The van der Waals surface area contributed by atoms with Crippen LogP contribution in [-0.2, 0) is 16.6 Å². The van der Waals surface area contributed by atoms with Gasteiger partial charge in [0.15, 0.2) is 0 Å². The molecule has 0 spiro atoms. The summed E-state index contributed by atoms with van der Waals surface area (Å²) in [6.07, 6.45) is 3.38. The molecule has 0 saturated carbocycles. The lowest BCUT2D eigenvalue weighted by atomic mass is 10.2. The second kappa shape index (κ2) is 6.78. The number of sulfonamides is 1. The first-order valence-corrected chi connectivity index (χ1v) is 9.40. The number of nitrogens with zero attached hydrogens (tertiary/aromatic N) is 2. The number of hydrogen-bond donors (Lipinski definition) is 1. The van der Waals surface area contributed by atoms with Crippen LogP contribution in [0.5, 0.6) is 0 Å². The molecule has 1 aromatic heterocycles. The van der Waals surface area contributed by atoms with Crippen molar-refractivity contribution in [3.63, 3.8) is 0 Å². The highest BCUT2D eigenvalue weighted by Gasteiger charge is 2.26. The van der Waals surface area contributed by atoms with Gasteiger partial charge in [-0.05, 0) is 24.5 Å². The van der Waals surface area contributed by atoms with Crippen LogP contribution in [0.4, 0.5) is 0 Å². The van der Waals surface area contributed by atoms with Gasteiger partial charge in [-0.3, -0.25) is 4.79 Å². The molecular formula is C17H21N3O3S. The average molecular weight is 347 g/mol. The maximum atomic E-state index is 12.7. The first-order chi connectivity index (χ1) is 11.5. The van der Waals surface area contributed by atoms with E-state index in [4.69, 9.17) is 0 Å². The molecule has 24 heavy (non-hydrogen) atoms. The lowest BCUT2D eigenvalue weighted by molar-refractivity contribution is 0.0787. The number of aromatic nitrogens is 1. The molecule has 1 saturated heterocycles. The van der Waals surface area contributed by atoms with Crippen molar-refractivity contribution >= 4 is 15.9 Å². The van der Waals surface area contributed by atoms with Crippen LogP contribution in [0.2, 0.25) is 0 Å². The summed E-state index contributed by atoms with van der Waals surface area (Å²) in [5, 5.41) is 0. The van der Waals surface area contributed by atoms with Crippen LogP contribution in [0.3, 0.4) is 0 Å². The minimum atomic E-state index is -3.64. The van der Waals surface area contributed by atoms with Gasteiger partial charge in [0.25, 0.3) is 5.91 Å². The van der Waals surface area contributed by atoms with E-state index in [0.29, 0.717) is 5.69 Å². The van der Waals surface area contributed by atoms with Crippen molar-refractivity contribution in [2.24, 2.45) is 0 Å². The van der Waals surface area contributed by atoms with Crippen LogP contribution in [-0.4, -0.2) is 48.7 Å². The van der Waals surface area contributed by atoms with Gasteiger partial charge in [-0.15, -0.1) is 0 Å². The predicted octanol–water partition coefficient (Wildman–Crippen LogP) is 2.07. The molecule has 0 atom stereocenters. The van der Waals surface area contributed by atoms with Crippen LogP contribution in [0.1, 0.15) is 28.9 Å². The van der Waals surface area contributed by atoms with E-state index in [9.17, 15) is 13.2 Å². The number of benzene rings is 1. The lowest BCUT2D eigenvalue weighted by Crippen LogP contribution is -2.28. The SMILES string of the molecule is CN(Cc1ccccc1)S(=O)(=O)c1c[nH]c(C(=O)N2CCCC2)c1. The van der Waals surface area contributed by atoms with E-state index in [2.05, 4.69) is 4.98 Å². The van der Waals surface area contributed by atoms with Crippen molar-refractivity contribution in [3.8, 4) is 0 Å². The van der Waals surface area contributed by atoms with Gasteiger partial charge in [-0.2, -0.15) is 4.31 Å². The molecule has 1 aromatic carbocycles. The number of rotatable bonds is 5. The summed E-state index contributed by atoms with van der Waals surface area (Å²) >= 11 is 0. The molecule has 6 nitrogen and oxygen atoms in total. The molecular weight excluding hydrogens is 326 g/mol. The Labute approximate surface area is 142 Å². The molecule has 0 radical (unpaired) electrons. The minimum Gasteiger partial charge on any atom is -0.356 e. The highest BCUT2D eigenvalue weighted by molar-refractivity contribution is 7.89. The second-order valence-corrected chi connectivity index (χ2v) is 8.04. The summed E-state index contributed by atoms with van der Waals surface area (Å²) in [5.74, 6) is -0.139. The van der Waals surface area contributed by atoms with Gasteiger partial charge in [-0.25, -0.2) is 8.42 Å². The van der Waals surface area contributed by atoms with Gasteiger partial charge in [0, 0.05) is 32.9 Å². The molecule has 0 unspecified atom stereocenters. The fourth-order valence-corrected chi connectivity index (χ4v) is 4.00. The Hall–Kier alpha value is -2.12. The lowest BCUT2D eigenvalue weighted by Gasteiger charge is -2.16. The minimum absolute atomic E-state index is 0.114. The van der Waals surface area contributed by atoms with Crippen LogP contribution in [0.15, 0.2) is 47.5 Å². The number of likely N-dealkylation sites (tertiary alicyclic amines) is 1. The standard InChI is InChI=1S/C17H21N3O3S/c1-19(13-14-7-3-2-4-8-14)24(22,23)15-11-16(18-12-15)17(21)20-9-5-6-10-20/h2-4,7-8,11-12,18H,5-6,9-10,13H2,1H3. The maximum absolute atomic E-state index is 12.7. The quantitative estimate of drug-likeness (QED) is 0.900. The smallest absolute Gasteiger partial charge is 0.270 e. The zero-order valence-corrected chi connectivity index (χ0v) is 14.4. The fraction of sp³-hybridized carbons (Fsp3) is 0.353. The van der Waals surface area contributed by atoms with Crippen LogP contribution in [0, 0.1) is 0 Å². The Morgan fingerprint density at radius 1 is 1.21 bits per heavy atom. The normalized spacial score (nSPS) is 15.2. The van der Waals surface area contributed by atoms with Gasteiger partial charge >= 0.3 is 0 Å². The molecule has 1 aliphatic heterocycles. The van der Waals surface area contributed by atoms with Gasteiger partial charge in [0.2, 0.25) is 10.0 Å². The highest BCUT2D eigenvalue weighted by atomic mass is 32.2. The summed E-state index contributed by atoms with van der Waals surface area (Å²) in [6.45, 7) is 1.74. The zero-order valence-electron chi connectivity index (χ0n) is 13.6. The number of nitrogens with one attached hydrogen (secondary N) is 1. The van der Waals surface area contributed by atoms with E-state index >= 15 is 0 Å². The molecule has 0 bridgehead atoms. The first kappa shape index (κ1) is 16.7. The summed E-state index contributed by atoms with van der Waals surface area (Å²) in [4.78, 5) is 17.0. The van der Waals surface area contributed by atoms with E-state index in [1.54, 1.807) is 4.90 Å². The summed E-state index contributed by atoms with van der Waals surface area (Å²) in [5.41, 5.74) is 1.23. The Kier molecular flexibility index (Phi) is 4.73. The first-order valence-electron chi connectivity index (χ1n) is 7.96. The number of H-pyrrole nitrogens is 1. The van der Waals surface area contributed by atoms with Crippen molar-refractivity contribution in [3.05, 3.63) is 53.9 Å². The number of aromatic amines is 1. The monoisotopic (exact) mass is 347 g/mol. The number of hydrogen-bond acceptors (Lipinski definition) is 3. The Morgan fingerprint density at radius 2 is 1.88 bits per heavy atom. The summed E-state index contributed by atoms with van der Waals surface area (Å²) in [7, 11) is -2.10. The van der Waals surface area contributed by atoms with Crippen LogP contribution < -0.4 is 0 Å². The van der Waals surface area contributed by atoms with Crippen molar-refractivity contribution in [1.29, 1.82) is 0 Å². The predicted molar refractivity (Wildman–Crippen MR) is 91.0 cm³/mol. The third-order valence-electron chi connectivity index (χ3n) is 4.24. The van der Waals surface area contributed by atoms with E-state index in [1.807, 2.05) is 30.3 Å². The second-order valence-electron chi connectivity index (χ2n) is 6.00. The van der Waals surface area contributed by atoms with Crippen LogP contribution >= 0.6 is 0 Å². The Balaban J connectivity index is 1.76. The molecule has 7 heteroatoms. The zero-order chi connectivity index (χ0) is 17.2. The van der Waals surface area contributed by atoms with Gasteiger partial charge in [0.1, 0.15) is 10.6 Å².